The molecule has 6 nitrogen and oxygen atoms in total. The van der Waals surface area contributed by atoms with E-state index >= 15 is 0 Å². The molecular weight excluding hydrogens is 256 g/mol. The molecule has 0 aliphatic rings. The Balaban J connectivity index is 1.89. The lowest BCUT2D eigenvalue weighted by atomic mass is 10.2. The molecule has 1 aromatic carbocycles. The van der Waals surface area contributed by atoms with Crippen LogP contribution < -0.4 is 14.8 Å². The van der Waals surface area contributed by atoms with Gasteiger partial charge >= 0.3 is 0 Å². The summed E-state index contributed by atoms with van der Waals surface area (Å²) in [5.41, 5.74) is 1.68. The Kier molecular flexibility index (Phi) is 3.12. The highest BCUT2D eigenvalue weighted by Crippen LogP contribution is 2.30. The molecule has 0 amide bonds. The molecule has 20 heavy (non-hydrogen) atoms. The van der Waals surface area contributed by atoms with E-state index in [4.69, 9.17) is 9.47 Å². The maximum atomic E-state index is 5.27. The number of hydrogen-bond acceptors (Lipinski definition) is 5. The fourth-order valence-electron chi connectivity index (χ4n) is 1.94. The van der Waals surface area contributed by atoms with Crippen LogP contribution in [0.25, 0.3) is 5.65 Å². The van der Waals surface area contributed by atoms with Gasteiger partial charge in [-0.3, -0.25) is 0 Å². The maximum Gasteiger partial charge on any atom is 0.162 e. The molecule has 3 aromatic rings. The van der Waals surface area contributed by atoms with E-state index in [0.29, 0.717) is 11.5 Å². The van der Waals surface area contributed by atoms with Crippen molar-refractivity contribution in [2.24, 2.45) is 0 Å². The average molecular weight is 270 g/mol. The summed E-state index contributed by atoms with van der Waals surface area (Å²) in [5.74, 6) is 2.08. The van der Waals surface area contributed by atoms with Crippen LogP contribution in [0.5, 0.6) is 11.5 Å². The van der Waals surface area contributed by atoms with Crippen LogP contribution in [0.1, 0.15) is 0 Å². The molecule has 0 aliphatic carbocycles. The predicted octanol–water partition coefficient (Wildman–Crippen LogP) is 2.49. The third kappa shape index (κ3) is 2.23. The highest BCUT2D eigenvalue weighted by Gasteiger charge is 2.05. The minimum absolute atomic E-state index is 0.668. The molecule has 0 saturated carbocycles. The largest absolute Gasteiger partial charge is 0.493 e. The molecule has 0 spiro atoms. The van der Waals surface area contributed by atoms with Crippen LogP contribution in [0.2, 0.25) is 0 Å². The average Bonchev–Trinajstić information content (AvgIpc) is 2.94. The highest BCUT2D eigenvalue weighted by atomic mass is 16.5. The van der Waals surface area contributed by atoms with Crippen LogP contribution in [0, 0.1) is 0 Å². The van der Waals surface area contributed by atoms with Crippen molar-refractivity contribution in [3.05, 3.63) is 42.7 Å². The Morgan fingerprint density at radius 1 is 1.05 bits per heavy atom. The van der Waals surface area contributed by atoms with Crippen LogP contribution >= 0.6 is 0 Å². The number of imidazole rings is 1. The number of methoxy groups -OCH3 is 2. The van der Waals surface area contributed by atoms with E-state index in [9.17, 15) is 0 Å². The number of rotatable bonds is 4. The fourth-order valence-corrected chi connectivity index (χ4v) is 1.94. The molecule has 0 bridgehead atoms. The molecule has 0 radical (unpaired) electrons. The van der Waals surface area contributed by atoms with E-state index < -0.39 is 0 Å². The van der Waals surface area contributed by atoms with Crippen molar-refractivity contribution >= 4 is 17.2 Å². The number of aromatic nitrogens is 3. The minimum atomic E-state index is 0.668. The Morgan fingerprint density at radius 3 is 2.70 bits per heavy atom. The monoisotopic (exact) mass is 270 g/mol. The molecule has 0 unspecified atom stereocenters. The van der Waals surface area contributed by atoms with Crippen LogP contribution in [-0.4, -0.2) is 28.8 Å². The van der Waals surface area contributed by atoms with Gasteiger partial charge in [0.15, 0.2) is 23.0 Å². The number of fused-ring (bicyclic) bond motifs is 1. The van der Waals surface area contributed by atoms with Gasteiger partial charge in [0.2, 0.25) is 0 Å². The summed E-state index contributed by atoms with van der Waals surface area (Å²) in [6, 6.07) is 9.38. The first kappa shape index (κ1) is 12.3. The Morgan fingerprint density at radius 2 is 1.90 bits per heavy atom. The Bertz CT molecular complexity index is 739. The van der Waals surface area contributed by atoms with Crippen LogP contribution in [0.15, 0.2) is 42.7 Å². The lowest BCUT2D eigenvalue weighted by Crippen LogP contribution is -1.99. The van der Waals surface area contributed by atoms with Crippen molar-refractivity contribution in [3.63, 3.8) is 0 Å². The number of anilines is 2. The van der Waals surface area contributed by atoms with E-state index in [-0.39, 0.29) is 0 Å². The topological polar surface area (TPSA) is 60.7 Å². The zero-order valence-corrected chi connectivity index (χ0v) is 11.2. The van der Waals surface area contributed by atoms with Crippen LogP contribution in [0.3, 0.4) is 0 Å². The summed E-state index contributed by atoms with van der Waals surface area (Å²) in [4.78, 5) is 4.15. The van der Waals surface area contributed by atoms with Crippen molar-refractivity contribution in [3.8, 4) is 11.5 Å². The second-order valence-corrected chi connectivity index (χ2v) is 4.14. The fraction of sp³-hybridized carbons (Fsp3) is 0.143. The number of benzene rings is 1. The smallest absolute Gasteiger partial charge is 0.162 e. The summed E-state index contributed by atoms with van der Waals surface area (Å²) in [6.07, 6.45) is 3.51. The molecule has 6 heteroatoms. The summed E-state index contributed by atoms with van der Waals surface area (Å²) < 4.78 is 12.2. The van der Waals surface area contributed by atoms with Gasteiger partial charge in [-0.1, -0.05) is 0 Å². The second kappa shape index (κ2) is 5.08. The third-order valence-electron chi connectivity index (χ3n) is 2.91. The Hall–Kier alpha value is -2.76. The van der Waals surface area contributed by atoms with Gasteiger partial charge in [-0.25, -0.2) is 9.50 Å². The van der Waals surface area contributed by atoms with Crippen molar-refractivity contribution in [1.82, 2.24) is 14.6 Å². The Labute approximate surface area is 116 Å². The number of hydrogen-bond donors (Lipinski definition) is 1. The van der Waals surface area contributed by atoms with E-state index in [1.165, 1.54) is 0 Å². The van der Waals surface area contributed by atoms with E-state index in [0.717, 1.165) is 17.2 Å². The van der Waals surface area contributed by atoms with Gasteiger partial charge in [-0.15, -0.1) is 5.10 Å². The van der Waals surface area contributed by atoms with Gasteiger partial charge in [0.1, 0.15) is 0 Å². The first-order valence-electron chi connectivity index (χ1n) is 6.09. The summed E-state index contributed by atoms with van der Waals surface area (Å²) >= 11 is 0. The molecular formula is C14H14N4O2. The van der Waals surface area contributed by atoms with Gasteiger partial charge in [-0.05, 0) is 24.3 Å². The van der Waals surface area contributed by atoms with Gasteiger partial charge in [-0.2, -0.15) is 0 Å². The van der Waals surface area contributed by atoms with E-state index in [2.05, 4.69) is 15.4 Å². The molecule has 0 aliphatic heterocycles. The zero-order chi connectivity index (χ0) is 13.9. The van der Waals surface area contributed by atoms with Gasteiger partial charge in [0, 0.05) is 24.1 Å². The van der Waals surface area contributed by atoms with Crippen molar-refractivity contribution < 1.29 is 9.47 Å². The lowest BCUT2D eigenvalue weighted by molar-refractivity contribution is 0.355. The van der Waals surface area contributed by atoms with Gasteiger partial charge in [0.05, 0.1) is 14.2 Å². The number of nitrogens with one attached hydrogen (secondary N) is 1. The van der Waals surface area contributed by atoms with Crippen molar-refractivity contribution in [1.29, 1.82) is 0 Å². The molecule has 2 heterocycles. The van der Waals surface area contributed by atoms with E-state index in [1.54, 1.807) is 31.1 Å². The van der Waals surface area contributed by atoms with E-state index in [1.807, 2.05) is 30.3 Å². The number of ether oxygens (including phenoxy) is 2. The molecule has 0 fully saturated rings. The molecule has 0 atom stereocenters. The van der Waals surface area contributed by atoms with Gasteiger partial charge in [0.25, 0.3) is 0 Å². The first-order valence-corrected chi connectivity index (χ1v) is 6.09. The summed E-state index contributed by atoms with van der Waals surface area (Å²) in [5, 5.41) is 7.62. The molecule has 1 N–H and O–H groups in total. The van der Waals surface area contributed by atoms with Crippen LogP contribution in [0.4, 0.5) is 11.5 Å². The minimum Gasteiger partial charge on any atom is -0.493 e. The van der Waals surface area contributed by atoms with Gasteiger partial charge < -0.3 is 14.8 Å². The zero-order valence-electron chi connectivity index (χ0n) is 11.2. The predicted molar refractivity (Wildman–Crippen MR) is 75.8 cm³/mol. The molecule has 3 rings (SSSR count). The summed E-state index contributed by atoms with van der Waals surface area (Å²) in [6.45, 7) is 0. The lowest BCUT2D eigenvalue weighted by Gasteiger charge is -2.10. The molecule has 2 aromatic heterocycles. The first-order chi connectivity index (χ1) is 9.80. The summed E-state index contributed by atoms with van der Waals surface area (Å²) in [7, 11) is 3.22. The normalized spacial score (nSPS) is 10.5. The van der Waals surface area contributed by atoms with Crippen LogP contribution in [-0.2, 0) is 0 Å². The van der Waals surface area contributed by atoms with Crippen molar-refractivity contribution in [2.75, 3.05) is 19.5 Å². The second-order valence-electron chi connectivity index (χ2n) is 4.14. The standard InChI is InChI=1S/C14H14N4O2/c1-19-11-4-3-10(9-12(11)20-2)16-13-5-6-14-15-7-8-18(14)17-13/h3-9H,1-2H3,(H,16,17). The maximum absolute atomic E-state index is 5.27. The van der Waals surface area contributed by atoms with Crippen molar-refractivity contribution in [2.45, 2.75) is 0 Å². The third-order valence-corrected chi connectivity index (χ3v) is 2.91. The SMILES string of the molecule is COc1ccc(Nc2ccc3nccn3n2)cc1OC. The quantitative estimate of drug-likeness (QED) is 0.789. The molecule has 0 saturated heterocycles. The highest BCUT2D eigenvalue weighted by molar-refractivity contribution is 5.61. The molecule has 102 valence electrons. The number of nitrogens with zero attached hydrogens (tertiary/aromatic N) is 3.